The Morgan fingerprint density at radius 1 is 1.24 bits per heavy atom. The maximum absolute atomic E-state index is 4.70. The number of fused-ring (bicyclic) bond motifs is 1. The lowest BCUT2D eigenvalue weighted by Gasteiger charge is -2.28. The number of rotatable bonds is 2. The molecule has 0 radical (unpaired) electrons. The molecule has 0 N–H and O–H groups in total. The number of aromatic nitrogens is 3. The molecule has 1 aromatic heterocycles. The highest BCUT2D eigenvalue weighted by Gasteiger charge is 2.21. The lowest BCUT2D eigenvalue weighted by Crippen LogP contribution is -2.33. The van der Waals surface area contributed by atoms with Crippen LogP contribution in [0.25, 0.3) is 0 Å². The molecule has 0 aliphatic carbocycles. The van der Waals surface area contributed by atoms with Crippen LogP contribution in [0.1, 0.15) is 37.3 Å². The Morgan fingerprint density at radius 3 is 3.00 bits per heavy atom. The molecule has 0 amide bonds. The van der Waals surface area contributed by atoms with E-state index >= 15 is 0 Å². The summed E-state index contributed by atoms with van der Waals surface area (Å²) in [5.41, 5.74) is 0. The van der Waals surface area contributed by atoms with E-state index < -0.39 is 0 Å². The van der Waals surface area contributed by atoms with E-state index in [2.05, 4.69) is 21.7 Å². The summed E-state index contributed by atoms with van der Waals surface area (Å²) in [6, 6.07) is 0. The van der Waals surface area contributed by atoms with Gasteiger partial charge < -0.3 is 4.90 Å². The highest BCUT2D eigenvalue weighted by atomic mass is 15.3. The average molecular weight is 234 g/mol. The average Bonchev–Trinajstić information content (AvgIpc) is 2.71. The van der Waals surface area contributed by atoms with Gasteiger partial charge in [-0.3, -0.25) is 0 Å². The van der Waals surface area contributed by atoms with Gasteiger partial charge in [0.05, 0.1) is 0 Å². The molecule has 0 bridgehead atoms. The van der Waals surface area contributed by atoms with Crippen LogP contribution < -0.4 is 0 Å². The fraction of sp³-hybridized carbons (Fsp3) is 0.846. The van der Waals surface area contributed by atoms with Crippen LogP contribution in [-0.4, -0.2) is 39.8 Å². The number of likely N-dealkylation sites (tertiary alicyclic amines) is 1. The number of aryl methyl sites for hydroxylation is 2. The first-order chi connectivity index (χ1) is 8.31. The van der Waals surface area contributed by atoms with Gasteiger partial charge >= 0.3 is 0 Å². The van der Waals surface area contributed by atoms with Crippen molar-refractivity contribution in [3.8, 4) is 0 Å². The highest BCUT2D eigenvalue weighted by Crippen LogP contribution is 2.20. The molecule has 0 aromatic carbocycles. The van der Waals surface area contributed by atoms with Crippen LogP contribution in [0.4, 0.5) is 0 Å². The Labute approximate surface area is 103 Å². The summed E-state index contributed by atoms with van der Waals surface area (Å²) < 4.78 is 2.13. The molecule has 3 heterocycles. The molecule has 3 rings (SSSR count). The number of piperidine rings is 1. The first-order valence-electron chi connectivity index (χ1n) is 6.92. The largest absolute Gasteiger partial charge is 0.306 e. The van der Waals surface area contributed by atoms with E-state index in [-0.39, 0.29) is 0 Å². The minimum Gasteiger partial charge on any atom is -0.306 e. The van der Waals surface area contributed by atoms with Crippen molar-refractivity contribution in [1.82, 2.24) is 19.7 Å². The Morgan fingerprint density at radius 2 is 2.18 bits per heavy atom. The van der Waals surface area contributed by atoms with Gasteiger partial charge in [0.2, 0.25) is 0 Å². The Balaban J connectivity index is 1.66. The molecule has 4 nitrogen and oxygen atoms in total. The van der Waals surface area contributed by atoms with Gasteiger partial charge in [0.25, 0.3) is 0 Å². The van der Waals surface area contributed by atoms with Crippen molar-refractivity contribution in [3.63, 3.8) is 0 Å². The Kier molecular flexibility index (Phi) is 3.14. The fourth-order valence-corrected chi connectivity index (χ4v) is 3.12. The molecule has 17 heavy (non-hydrogen) atoms. The third kappa shape index (κ3) is 2.51. The second-order valence-electron chi connectivity index (χ2n) is 5.60. The van der Waals surface area contributed by atoms with Crippen LogP contribution in [-0.2, 0) is 19.4 Å². The molecule has 0 spiro atoms. The number of hydrogen-bond acceptors (Lipinski definition) is 3. The first-order valence-corrected chi connectivity index (χ1v) is 6.92. The van der Waals surface area contributed by atoms with E-state index in [0.717, 1.165) is 31.1 Å². The van der Waals surface area contributed by atoms with Crippen LogP contribution in [0.15, 0.2) is 0 Å². The monoisotopic (exact) mass is 234 g/mol. The van der Waals surface area contributed by atoms with Crippen molar-refractivity contribution in [3.05, 3.63) is 11.6 Å². The van der Waals surface area contributed by atoms with Crippen LogP contribution in [0.3, 0.4) is 0 Å². The molecular weight excluding hydrogens is 212 g/mol. The van der Waals surface area contributed by atoms with Crippen molar-refractivity contribution in [2.75, 3.05) is 20.1 Å². The molecule has 1 aromatic rings. The fourth-order valence-electron chi connectivity index (χ4n) is 3.12. The standard InChI is InChI=1S/C13H22N4/c1-16-7-4-5-11(10-16)9-12-14-13-6-2-3-8-17(13)15-12/h11H,2-10H2,1H3. The molecular formula is C13H22N4. The number of hydrogen-bond donors (Lipinski definition) is 0. The van der Waals surface area contributed by atoms with Gasteiger partial charge in [-0.2, -0.15) is 5.10 Å². The van der Waals surface area contributed by atoms with Gasteiger partial charge in [-0.15, -0.1) is 0 Å². The first kappa shape index (κ1) is 11.2. The third-order valence-corrected chi connectivity index (χ3v) is 4.01. The van der Waals surface area contributed by atoms with E-state index in [0.29, 0.717) is 0 Å². The summed E-state index contributed by atoms with van der Waals surface area (Å²) in [6.07, 6.45) is 7.41. The van der Waals surface area contributed by atoms with Crippen LogP contribution in [0.5, 0.6) is 0 Å². The van der Waals surface area contributed by atoms with E-state index in [9.17, 15) is 0 Å². The third-order valence-electron chi connectivity index (χ3n) is 4.01. The maximum atomic E-state index is 4.70. The summed E-state index contributed by atoms with van der Waals surface area (Å²) in [7, 11) is 2.22. The summed E-state index contributed by atoms with van der Waals surface area (Å²) in [6.45, 7) is 3.54. The van der Waals surface area contributed by atoms with Gasteiger partial charge in [-0.05, 0) is 45.2 Å². The molecule has 2 aliphatic heterocycles. The Bertz CT molecular complexity index is 361. The summed E-state index contributed by atoms with van der Waals surface area (Å²) in [5.74, 6) is 3.07. The van der Waals surface area contributed by atoms with Crippen molar-refractivity contribution in [1.29, 1.82) is 0 Å². The van der Waals surface area contributed by atoms with Crippen molar-refractivity contribution in [2.45, 2.75) is 45.1 Å². The molecule has 94 valence electrons. The lowest BCUT2D eigenvalue weighted by atomic mass is 9.95. The normalized spacial score (nSPS) is 25.8. The quantitative estimate of drug-likeness (QED) is 0.777. The minimum atomic E-state index is 0.762. The molecule has 4 heteroatoms. The predicted molar refractivity (Wildman–Crippen MR) is 66.9 cm³/mol. The molecule has 2 aliphatic rings. The van der Waals surface area contributed by atoms with Crippen molar-refractivity contribution in [2.24, 2.45) is 5.92 Å². The summed E-state index contributed by atoms with van der Waals surface area (Å²) in [4.78, 5) is 7.14. The zero-order valence-corrected chi connectivity index (χ0v) is 10.7. The summed E-state index contributed by atoms with van der Waals surface area (Å²) >= 11 is 0. The number of nitrogens with zero attached hydrogens (tertiary/aromatic N) is 4. The molecule has 1 saturated heterocycles. The van der Waals surface area contributed by atoms with Gasteiger partial charge in [-0.1, -0.05) is 0 Å². The van der Waals surface area contributed by atoms with Gasteiger partial charge in [-0.25, -0.2) is 9.67 Å². The smallest absolute Gasteiger partial charge is 0.151 e. The zero-order chi connectivity index (χ0) is 11.7. The second kappa shape index (κ2) is 4.77. The summed E-state index contributed by atoms with van der Waals surface area (Å²) in [5, 5.41) is 4.66. The van der Waals surface area contributed by atoms with Crippen LogP contribution in [0, 0.1) is 5.92 Å². The maximum Gasteiger partial charge on any atom is 0.151 e. The second-order valence-corrected chi connectivity index (χ2v) is 5.60. The van der Waals surface area contributed by atoms with E-state index in [1.807, 2.05) is 0 Å². The molecule has 1 unspecified atom stereocenters. The van der Waals surface area contributed by atoms with Crippen molar-refractivity contribution >= 4 is 0 Å². The molecule has 1 fully saturated rings. The van der Waals surface area contributed by atoms with Gasteiger partial charge in [0.15, 0.2) is 5.82 Å². The molecule has 0 saturated carbocycles. The van der Waals surface area contributed by atoms with Gasteiger partial charge in [0.1, 0.15) is 5.82 Å². The van der Waals surface area contributed by atoms with Crippen molar-refractivity contribution < 1.29 is 0 Å². The Hall–Kier alpha value is -0.900. The zero-order valence-electron chi connectivity index (χ0n) is 10.7. The minimum absolute atomic E-state index is 0.762. The lowest BCUT2D eigenvalue weighted by molar-refractivity contribution is 0.207. The topological polar surface area (TPSA) is 34.0 Å². The van der Waals surface area contributed by atoms with E-state index in [4.69, 9.17) is 4.98 Å². The van der Waals surface area contributed by atoms with Crippen LogP contribution >= 0.6 is 0 Å². The van der Waals surface area contributed by atoms with E-state index in [1.165, 1.54) is 44.6 Å². The SMILES string of the molecule is CN1CCCC(Cc2nc3n(n2)CCCC3)C1. The molecule has 1 atom stereocenters. The van der Waals surface area contributed by atoms with Gasteiger partial charge in [0, 0.05) is 25.9 Å². The predicted octanol–water partition coefficient (Wildman–Crippen LogP) is 1.50. The highest BCUT2D eigenvalue weighted by molar-refractivity contribution is 4.97. The van der Waals surface area contributed by atoms with Crippen LogP contribution in [0.2, 0.25) is 0 Å². The van der Waals surface area contributed by atoms with E-state index in [1.54, 1.807) is 0 Å².